The van der Waals surface area contributed by atoms with E-state index in [-0.39, 0.29) is 6.03 Å². The van der Waals surface area contributed by atoms with Gasteiger partial charge >= 0.3 is 6.03 Å². The quantitative estimate of drug-likeness (QED) is 0.738. The number of aryl methyl sites for hydroxylation is 1. The molecule has 0 atom stereocenters. The number of fused-ring (bicyclic) bond motifs is 3. The molecule has 0 fully saturated rings. The van der Waals surface area contributed by atoms with E-state index in [2.05, 4.69) is 16.7 Å². The van der Waals surface area contributed by atoms with Crippen LogP contribution in [-0.2, 0) is 13.5 Å². The average molecular weight is 229 g/mol. The van der Waals surface area contributed by atoms with Crippen molar-refractivity contribution in [3.05, 3.63) is 30.0 Å². The molecule has 17 heavy (non-hydrogen) atoms. The predicted octanol–water partition coefficient (Wildman–Crippen LogP) is 2.01. The number of nitrogens with zero attached hydrogens (tertiary/aromatic N) is 2. The molecule has 3 rings (SSSR count). The number of carbonyl (C=O) groups is 1. The number of urea groups is 1. The Kier molecular flexibility index (Phi) is 2.11. The van der Waals surface area contributed by atoms with Crippen molar-refractivity contribution < 1.29 is 4.79 Å². The Morgan fingerprint density at radius 1 is 1.35 bits per heavy atom. The summed E-state index contributed by atoms with van der Waals surface area (Å²) in [4.78, 5) is 13.2. The molecule has 2 N–H and O–H groups in total. The van der Waals surface area contributed by atoms with Gasteiger partial charge in [0.05, 0.1) is 11.2 Å². The second kappa shape index (κ2) is 3.52. The van der Waals surface area contributed by atoms with Crippen LogP contribution in [0.4, 0.5) is 10.5 Å². The van der Waals surface area contributed by atoms with Crippen LogP contribution in [0.15, 0.2) is 24.3 Å². The Morgan fingerprint density at radius 3 is 2.88 bits per heavy atom. The van der Waals surface area contributed by atoms with Crippen molar-refractivity contribution in [2.45, 2.75) is 12.8 Å². The minimum Gasteiger partial charge on any atom is -0.351 e. The fraction of sp³-hybridized carbons (Fsp3) is 0.308. The van der Waals surface area contributed by atoms with E-state index in [0.717, 1.165) is 36.0 Å². The van der Waals surface area contributed by atoms with Crippen LogP contribution in [0.5, 0.6) is 0 Å². The van der Waals surface area contributed by atoms with E-state index >= 15 is 0 Å². The third kappa shape index (κ3) is 1.33. The van der Waals surface area contributed by atoms with Crippen molar-refractivity contribution >= 4 is 22.6 Å². The fourth-order valence-corrected chi connectivity index (χ4v) is 2.75. The summed E-state index contributed by atoms with van der Waals surface area (Å²) in [5, 5.41) is 1.11. The highest BCUT2D eigenvalue weighted by Gasteiger charge is 2.26. The van der Waals surface area contributed by atoms with Gasteiger partial charge in [-0.15, -0.1) is 0 Å². The summed E-state index contributed by atoms with van der Waals surface area (Å²) in [6, 6.07) is 7.78. The molecule has 1 aliphatic heterocycles. The Labute approximate surface area is 99.6 Å². The number of hydrogen-bond donors (Lipinski definition) is 1. The van der Waals surface area contributed by atoms with Crippen LogP contribution in [0.25, 0.3) is 10.9 Å². The first-order valence-electron chi connectivity index (χ1n) is 5.83. The van der Waals surface area contributed by atoms with E-state index in [0.29, 0.717) is 0 Å². The number of nitrogens with two attached hydrogens (primary N) is 1. The zero-order valence-corrected chi connectivity index (χ0v) is 9.81. The third-order valence-corrected chi connectivity index (χ3v) is 3.53. The van der Waals surface area contributed by atoms with Crippen LogP contribution in [0.2, 0.25) is 0 Å². The molecule has 0 bridgehead atoms. The molecular weight excluding hydrogens is 214 g/mol. The van der Waals surface area contributed by atoms with Crippen LogP contribution < -0.4 is 10.6 Å². The summed E-state index contributed by atoms with van der Waals surface area (Å²) in [5.41, 5.74) is 8.82. The molecule has 4 heteroatoms. The van der Waals surface area contributed by atoms with Gasteiger partial charge in [0.15, 0.2) is 0 Å². The van der Waals surface area contributed by atoms with Crippen molar-refractivity contribution in [3.63, 3.8) is 0 Å². The van der Waals surface area contributed by atoms with Crippen LogP contribution in [0, 0.1) is 0 Å². The number of carbonyl (C=O) groups excluding carboxylic acids is 1. The summed E-state index contributed by atoms with van der Waals surface area (Å²) in [6.45, 7) is 0.719. The lowest BCUT2D eigenvalue weighted by atomic mass is 10.1. The maximum Gasteiger partial charge on any atom is 0.319 e. The van der Waals surface area contributed by atoms with Gasteiger partial charge in [-0.1, -0.05) is 18.2 Å². The molecule has 0 unspecified atom stereocenters. The van der Waals surface area contributed by atoms with Crippen molar-refractivity contribution in [1.82, 2.24) is 4.57 Å². The van der Waals surface area contributed by atoms with Gasteiger partial charge in [0.2, 0.25) is 0 Å². The molecule has 2 aromatic rings. The van der Waals surface area contributed by atoms with Crippen molar-refractivity contribution in [3.8, 4) is 0 Å². The largest absolute Gasteiger partial charge is 0.351 e. The number of hydrogen-bond acceptors (Lipinski definition) is 1. The molecule has 0 saturated carbocycles. The number of anilines is 1. The lowest BCUT2D eigenvalue weighted by Crippen LogP contribution is -2.39. The molecule has 0 radical (unpaired) electrons. The van der Waals surface area contributed by atoms with E-state index in [1.165, 1.54) is 5.69 Å². The normalized spacial score (nSPS) is 15.0. The number of para-hydroxylation sites is 1. The standard InChI is InChI=1S/C13H15N3O/c1-15-10-6-3-2-5-9(10)12-11(15)7-4-8-16(12)13(14)17/h2-3,5-6H,4,7-8H2,1H3,(H2,14,17). The van der Waals surface area contributed by atoms with Gasteiger partial charge in [-0.2, -0.15) is 0 Å². The zero-order valence-electron chi connectivity index (χ0n) is 9.81. The summed E-state index contributed by atoms with van der Waals surface area (Å²) in [7, 11) is 2.05. The van der Waals surface area contributed by atoms with Gasteiger partial charge in [0.1, 0.15) is 0 Å². The summed E-state index contributed by atoms with van der Waals surface area (Å²) in [5.74, 6) is 0. The van der Waals surface area contributed by atoms with E-state index in [1.54, 1.807) is 4.90 Å². The van der Waals surface area contributed by atoms with E-state index in [9.17, 15) is 4.79 Å². The molecular formula is C13H15N3O. The minimum atomic E-state index is -0.359. The van der Waals surface area contributed by atoms with Gasteiger partial charge in [-0.05, 0) is 18.9 Å². The SMILES string of the molecule is Cn1c2c(c3ccccc31)N(C(N)=O)CCC2. The van der Waals surface area contributed by atoms with Crippen molar-refractivity contribution in [2.24, 2.45) is 12.8 Å². The van der Waals surface area contributed by atoms with Gasteiger partial charge in [0.25, 0.3) is 0 Å². The molecule has 1 aromatic heterocycles. The van der Waals surface area contributed by atoms with Gasteiger partial charge in [0, 0.05) is 24.7 Å². The third-order valence-electron chi connectivity index (χ3n) is 3.53. The monoisotopic (exact) mass is 229 g/mol. The highest BCUT2D eigenvalue weighted by atomic mass is 16.2. The molecule has 0 aliphatic carbocycles. The minimum absolute atomic E-state index is 0.359. The maximum absolute atomic E-state index is 11.5. The molecule has 4 nitrogen and oxygen atoms in total. The second-order valence-corrected chi connectivity index (χ2v) is 4.46. The van der Waals surface area contributed by atoms with Crippen LogP contribution in [0.1, 0.15) is 12.1 Å². The van der Waals surface area contributed by atoms with Gasteiger partial charge in [-0.25, -0.2) is 4.79 Å². The topological polar surface area (TPSA) is 51.3 Å². The first-order valence-corrected chi connectivity index (χ1v) is 5.83. The molecule has 1 aliphatic rings. The highest BCUT2D eigenvalue weighted by molar-refractivity contribution is 6.04. The fourth-order valence-electron chi connectivity index (χ4n) is 2.75. The Morgan fingerprint density at radius 2 is 2.12 bits per heavy atom. The van der Waals surface area contributed by atoms with Gasteiger partial charge in [-0.3, -0.25) is 4.90 Å². The maximum atomic E-state index is 11.5. The Balaban J connectivity index is 2.35. The summed E-state index contributed by atoms with van der Waals surface area (Å²) < 4.78 is 2.17. The summed E-state index contributed by atoms with van der Waals surface area (Å²) in [6.07, 6.45) is 1.98. The molecule has 2 amide bonds. The molecule has 0 saturated heterocycles. The van der Waals surface area contributed by atoms with Crippen molar-refractivity contribution in [1.29, 1.82) is 0 Å². The average Bonchev–Trinajstić information content (AvgIpc) is 2.64. The smallest absolute Gasteiger partial charge is 0.319 e. The van der Waals surface area contributed by atoms with E-state index in [1.807, 2.05) is 19.2 Å². The Bertz CT molecular complexity index is 600. The van der Waals surface area contributed by atoms with Crippen LogP contribution in [0.3, 0.4) is 0 Å². The predicted molar refractivity (Wildman–Crippen MR) is 68.2 cm³/mol. The molecule has 1 aromatic carbocycles. The lowest BCUT2D eigenvalue weighted by molar-refractivity contribution is 0.253. The number of rotatable bonds is 0. The van der Waals surface area contributed by atoms with Crippen molar-refractivity contribution in [2.75, 3.05) is 11.4 Å². The number of benzene rings is 1. The van der Waals surface area contributed by atoms with E-state index < -0.39 is 0 Å². The zero-order chi connectivity index (χ0) is 12.0. The molecule has 2 heterocycles. The Hall–Kier alpha value is -1.97. The van der Waals surface area contributed by atoms with E-state index in [4.69, 9.17) is 5.73 Å². The van der Waals surface area contributed by atoms with Crippen LogP contribution >= 0.6 is 0 Å². The summed E-state index contributed by atoms with van der Waals surface area (Å²) >= 11 is 0. The van der Waals surface area contributed by atoms with Crippen LogP contribution in [-0.4, -0.2) is 17.1 Å². The number of amides is 2. The number of aromatic nitrogens is 1. The molecule has 0 spiro atoms. The van der Waals surface area contributed by atoms with Gasteiger partial charge < -0.3 is 10.3 Å². The lowest BCUT2D eigenvalue weighted by Gasteiger charge is -2.26. The molecule has 88 valence electrons. The first kappa shape index (κ1) is 10.2. The number of primary amides is 1. The second-order valence-electron chi connectivity index (χ2n) is 4.46. The first-order chi connectivity index (χ1) is 8.20. The highest BCUT2D eigenvalue weighted by Crippen LogP contribution is 2.36.